The van der Waals surface area contributed by atoms with Crippen LogP contribution in [0.4, 0.5) is 5.69 Å². The largest absolute Gasteiger partial charge is 0.350 e. The van der Waals surface area contributed by atoms with Gasteiger partial charge in [0.25, 0.3) is 5.69 Å². The fourth-order valence-electron chi connectivity index (χ4n) is 2.62. The molecule has 0 spiro atoms. The SMILES string of the molecule is O=c1[nH]c(SCc2ccc([N+](=O)[O-])cc2)nc2c(-c3ccccc3)cnn12. The average Bonchev–Trinajstić information content (AvgIpc) is 3.12. The number of nitro benzene ring substituents is 1. The number of hydrogen-bond donors (Lipinski definition) is 1. The van der Waals surface area contributed by atoms with E-state index in [4.69, 9.17) is 0 Å². The molecule has 4 aromatic rings. The molecule has 2 heterocycles. The molecule has 134 valence electrons. The smallest absolute Gasteiger partial charge is 0.285 e. The van der Waals surface area contributed by atoms with Crippen molar-refractivity contribution in [2.24, 2.45) is 0 Å². The van der Waals surface area contributed by atoms with Gasteiger partial charge in [-0.3, -0.25) is 15.1 Å². The molecule has 9 heteroatoms. The van der Waals surface area contributed by atoms with Gasteiger partial charge in [-0.1, -0.05) is 54.2 Å². The topological polar surface area (TPSA) is 106 Å². The Morgan fingerprint density at radius 2 is 1.85 bits per heavy atom. The number of rotatable bonds is 5. The normalized spacial score (nSPS) is 11.0. The molecule has 0 bridgehead atoms. The van der Waals surface area contributed by atoms with Crippen molar-refractivity contribution in [3.8, 4) is 11.1 Å². The van der Waals surface area contributed by atoms with E-state index in [9.17, 15) is 14.9 Å². The minimum Gasteiger partial charge on any atom is -0.285 e. The van der Waals surface area contributed by atoms with Crippen molar-refractivity contribution >= 4 is 23.1 Å². The van der Waals surface area contributed by atoms with Crippen molar-refractivity contribution in [1.29, 1.82) is 0 Å². The van der Waals surface area contributed by atoms with Crippen molar-refractivity contribution in [2.45, 2.75) is 10.9 Å². The van der Waals surface area contributed by atoms with Crippen LogP contribution in [0.1, 0.15) is 5.56 Å². The lowest BCUT2D eigenvalue weighted by Crippen LogP contribution is -2.19. The average molecular weight is 379 g/mol. The lowest BCUT2D eigenvalue weighted by Gasteiger charge is -2.03. The Labute approximate surface area is 157 Å². The predicted molar refractivity (Wildman–Crippen MR) is 102 cm³/mol. The summed E-state index contributed by atoms with van der Waals surface area (Å²) in [5, 5.41) is 15.3. The fraction of sp³-hybridized carbons (Fsp3) is 0.0556. The molecule has 0 saturated heterocycles. The number of aromatic amines is 1. The van der Waals surface area contributed by atoms with E-state index >= 15 is 0 Å². The van der Waals surface area contributed by atoms with Crippen LogP contribution in [0.25, 0.3) is 16.8 Å². The zero-order chi connectivity index (χ0) is 18.8. The number of nitrogens with one attached hydrogen (secondary N) is 1. The van der Waals surface area contributed by atoms with Crippen LogP contribution in [0.2, 0.25) is 0 Å². The van der Waals surface area contributed by atoms with Gasteiger partial charge in [0.1, 0.15) is 0 Å². The first-order valence-corrected chi connectivity index (χ1v) is 9.00. The molecule has 1 N–H and O–H groups in total. The highest BCUT2D eigenvalue weighted by Crippen LogP contribution is 2.25. The summed E-state index contributed by atoms with van der Waals surface area (Å²) in [6.45, 7) is 0. The Balaban J connectivity index is 1.62. The van der Waals surface area contributed by atoms with Gasteiger partial charge < -0.3 is 0 Å². The summed E-state index contributed by atoms with van der Waals surface area (Å²) in [5.74, 6) is 0.520. The van der Waals surface area contributed by atoms with Crippen LogP contribution in [-0.4, -0.2) is 24.5 Å². The zero-order valence-electron chi connectivity index (χ0n) is 13.9. The summed E-state index contributed by atoms with van der Waals surface area (Å²) in [6.07, 6.45) is 1.62. The number of aromatic nitrogens is 4. The summed E-state index contributed by atoms with van der Waals surface area (Å²) in [6, 6.07) is 15.9. The maximum Gasteiger partial charge on any atom is 0.350 e. The van der Waals surface area contributed by atoms with E-state index < -0.39 is 4.92 Å². The van der Waals surface area contributed by atoms with Gasteiger partial charge in [0.05, 0.1) is 11.1 Å². The number of nitro groups is 1. The van der Waals surface area contributed by atoms with E-state index in [1.54, 1.807) is 18.3 Å². The molecule has 2 aromatic carbocycles. The molecule has 2 aromatic heterocycles. The summed E-state index contributed by atoms with van der Waals surface area (Å²) in [4.78, 5) is 29.8. The van der Waals surface area contributed by atoms with E-state index in [0.717, 1.165) is 16.7 Å². The maximum absolute atomic E-state index is 12.3. The number of nitrogens with zero attached hydrogens (tertiary/aromatic N) is 4. The third-order valence-electron chi connectivity index (χ3n) is 3.97. The molecular weight excluding hydrogens is 366 g/mol. The summed E-state index contributed by atoms with van der Waals surface area (Å²) >= 11 is 1.35. The van der Waals surface area contributed by atoms with Crippen LogP contribution in [0, 0.1) is 10.1 Å². The molecule has 8 nitrogen and oxygen atoms in total. The molecule has 0 amide bonds. The molecule has 0 unspecified atom stereocenters. The Morgan fingerprint density at radius 1 is 1.11 bits per heavy atom. The summed E-state index contributed by atoms with van der Waals surface area (Å²) in [7, 11) is 0. The molecule has 0 aliphatic rings. The molecule has 0 radical (unpaired) electrons. The Kier molecular flexibility index (Phi) is 4.43. The zero-order valence-corrected chi connectivity index (χ0v) is 14.7. The van der Waals surface area contributed by atoms with Crippen molar-refractivity contribution in [3.63, 3.8) is 0 Å². The number of non-ortho nitro benzene ring substituents is 1. The highest BCUT2D eigenvalue weighted by Gasteiger charge is 2.12. The van der Waals surface area contributed by atoms with Gasteiger partial charge in [-0.25, -0.2) is 9.78 Å². The van der Waals surface area contributed by atoms with Gasteiger partial charge in [-0.05, 0) is 11.1 Å². The molecule has 0 aliphatic carbocycles. The van der Waals surface area contributed by atoms with Crippen LogP contribution >= 0.6 is 11.8 Å². The van der Waals surface area contributed by atoms with Gasteiger partial charge in [-0.2, -0.15) is 9.61 Å². The molecule has 0 saturated carbocycles. The third-order valence-corrected chi connectivity index (χ3v) is 4.91. The van der Waals surface area contributed by atoms with Crippen molar-refractivity contribution in [2.75, 3.05) is 0 Å². The number of H-pyrrole nitrogens is 1. The molecule has 4 rings (SSSR count). The van der Waals surface area contributed by atoms with Crippen LogP contribution in [-0.2, 0) is 5.75 Å². The standard InChI is InChI=1S/C18H13N5O3S/c24-18-21-17(27-11-12-6-8-14(9-7-12)23(25)26)20-16-15(10-19-22(16)18)13-4-2-1-3-5-13/h1-10H,11H2,(H,20,21,24). The second kappa shape index (κ2) is 7.04. The van der Waals surface area contributed by atoms with Crippen LogP contribution in [0.5, 0.6) is 0 Å². The van der Waals surface area contributed by atoms with Crippen LogP contribution in [0.15, 0.2) is 70.7 Å². The van der Waals surface area contributed by atoms with Gasteiger partial charge in [0.15, 0.2) is 10.8 Å². The Morgan fingerprint density at radius 3 is 2.56 bits per heavy atom. The maximum atomic E-state index is 12.3. The lowest BCUT2D eigenvalue weighted by molar-refractivity contribution is -0.384. The minimum atomic E-state index is -0.436. The van der Waals surface area contributed by atoms with Crippen molar-refractivity contribution < 1.29 is 4.92 Å². The number of thioether (sulfide) groups is 1. The summed E-state index contributed by atoms with van der Waals surface area (Å²) in [5.41, 5.74) is 2.76. The van der Waals surface area contributed by atoms with E-state index in [-0.39, 0.29) is 11.4 Å². The first-order valence-electron chi connectivity index (χ1n) is 8.01. The Hall–Kier alpha value is -3.46. The number of fused-ring (bicyclic) bond motifs is 1. The first-order chi connectivity index (χ1) is 13.1. The van der Waals surface area contributed by atoms with E-state index in [0.29, 0.717) is 16.6 Å². The van der Waals surface area contributed by atoms with Gasteiger partial charge in [0.2, 0.25) is 0 Å². The fourth-order valence-corrected chi connectivity index (χ4v) is 3.43. The molecule has 0 atom stereocenters. The highest BCUT2D eigenvalue weighted by molar-refractivity contribution is 7.98. The lowest BCUT2D eigenvalue weighted by atomic mass is 10.1. The van der Waals surface area contributed by atoms with Crippen LogP contribution in [0.3, 0.4) is 0 Å². The van der Waals surface area contributed by atoms with Gasteiger partial charge in [0, 0.05) is 23.4 Å². The van der Waals surface area contributed by atoms with E-state index in [1.807, 2.05) is 30.3 Å². The minimum absolute atomic E-state index is 0.0449. The van der Waals surface area contributed by atoms with Crippen molar-refractivity contribution in [3.05, 3.63) is 87.0 Å². The molecule has 0 fully saturated rings. The van der Waals surface area contributed by atoms with E-state index in [2.05, 4.69) is 15.1 Å². The van der Waals surface area contributed by atoms with Crippen molar-refractivity contribution in [1.82, 2.24) is 19.6 Å². The predicted octanol–water partition coefficient (Wildman–Crippen LogP) is 3.29. The van der Waals surface area contributed by atoms with Crippen LogP contribution < -0.4 is 5.69 Å². The third kappa shape index (κ3) is 3.44. The van der Waals surface area contributed by atoms with E-state index in [1.165, 1.54) is 28.4 Å². The highest BCUT2D eigenvalue weighted by atomic mass is 32.2. The number of hydrogen-bond acceptors (Lipinski definition) is 6. The molecule has 0 aliphatic heterocycles. The monoisotopic (exact) mass is 379 g/mol. The van der Waals surface area contributed by atoms with Gasteiger partial charge >= 0.3 is 5.69 Å². The molecule has 27 heavy (non-hydrogen) atoms. The van der Waals surface area contributed by atoms with Gasteiger partial charge in [-0.15, -0.1) is 0 Å². The quantitative estimate of drug-likeness (QED) is 0.324. The summed E-state index contributed by atoms with van der Waals surface area (Å²) < 4.78 is 1.23. The second-order valence-corrected chi connectivity index (χ2v) is 6.68. The first kappa shape index (κ1) is 17.0. The second-order valence-electron chi connectivity index (χ2n) is 5.72. The number of benzene rings is 2. The molecular formula is C18H13N5O3S. The Bertz CT molecular complexity index is 1170.